The third-order valence-corrected chi connectivity index (χ3v) is 4.01. The van der Waals surface area contributed by atoms with Crippen LogP contribution in [0.2, 0.25) is 0 Å². The van der Waals surface area contributed by atoms with E-state index in [0.29, 0.717) is 5.11 Å². The van der Waals surface area contributed by atoms with Crippen LogP contribution in [0.1, 0.15) is 5.56 Å². The standard InChI is InChI=1S/C16H26N4OS/c1-19(2)15-5-3-14(4-6-15)13-18-16(22)17-7-8-20-9-11-21-12-10-20/h3-6H,7-13H2,1-2H3,(H2,17,18,22). The molecule has 1 aromatic rings. The van der Waals surface area contributed by atoms with Crippen LogP contribution in [-0.4, -0.2) is 63.5 Å². The second-order valence-electron chi connectivity index (χ2n) is 5.62. The fourth-order valence-corrected chi connectivity index (χ4v) is 2.48. The van der Waals surface area contributed by atoms with Crippen molar-refractivity contribution in [1.29, 1.82) is 0 Å². The van der Waals surface area contributed by atoms with Gasteiger partial charge in [0.1, 0.15) is 0 Å². The highest BCUT2D eigenvalue weighted by Gasteiger charge is 2.09. The molecule has 1 saturated heterocycles. The van der Waals surface area contributed by atoms with Crippen LogP contribution in [-0.2, 0) is 11.3 Å². The van der Waals surface area contributed by atoms with Gasteiger partial charge >= 0.3 is 0 Å². The van der Waals surface area contributed by atoms with E-state index in [1.807, 2.05) is 14.1 Å². The molecule has 5 nitrogen and oxygen atoms in total. The second-order valence-corrected chi connectivity index (χ2v) is 6.03. The lowest BCUT2D eigenvalue weighted by atomic mass is 10.2. The Hall–Kier alpha value is -1.37. The monoisotopic (exact) mass is 322 g/mol. The number of nitrogens with zero attached hydrogens (tertiary/aromatic N) is 2. The predicted molar refractivity (Wildman–Crippen MR) is 95.5 cm³/mol. The first kappa shape index (κ1) is 17.0. The van der Waals surface area contributed by atoms with Gasteiger partial charge in [-0.3, -0.25) is 4.90 Å². The molecule has 1 fully saturated rings. The third kappa shape index (κ3) is 5.79. The van der Waals surface area contributed by atoms with Gasteiger partial charge in [0.05, 0.1) is 13.2 Å². The molecule has 0 radical (unpaired) electrons. The Balaban J connectivity index is 1.62. The van der Waals surface area contributed by atoms with E-state index in [9.17, 15) is 0 Å². The minimum atomic E-state index is 0.713. The van der Waals surface area contributed by atoms with Crippen molar-refractivity contribution < 1.29 is 4.74 Å². The Kier molecular flexibility index (Phi) is 6.89. The number of ether oxygens (including phenoxy) is 1. The molecule has 1 aromatic carbocycles. The minimum Gasteiger partial charge on any atom is -0.379 e. The van der Waals surface area contributed by atoms with Gasteiger partial charge in [0.2, 0.25) is 0 Å². The molecule has 0 bridgehead atoms. The molecule has 2 rings (SSSR count). The quantitative estimate of drug-likeness (QED) is 0.763. The number of thiocarbonyl (C=S) groups is 1. The van der Waals surface area contributed by atoms with Crippen molar-refractivity contribution in [3.8, 4) is 0 Å². The van der Waals surface area contributed by atoms with Gasteiger partial charge in [-0.05, 0) is 29.9 Å². The minimum absolute atomic E-state index is 0.713. The zero-order valence-corrected chi connectivity index (χ0v) is 14.3. The Morgan fingerprint density at radius 3 is 2.50 bits per heavy atom. The molecule has 0 spiro atoms. The first-order valence-electron chi connectivity index (χ1n) is 7.73. The van der Waals surface area contributed by atoms with Crippen molar-refractivity contribution in [1.82, 2.24) is 15.5 Å². The second kappa shape index (κ2) is 8.92. The first-order chi connectivity index (χ1) is 10.6. The van der Waals surface area contributed by atoms with Crippen LogP contribution in [0.5, 0.6) is 0 Å². The molecule has 6 heteroatoms. The number of hydrogen-bond acceptors (Lipinski definition) is 4. The number of anilines is 1. The lowest BCUT2D eigenvalue weighted by Gasteiger charge is -2.26. The fourth-order valence-electron chi connectivity index (χ4n) is 2.31. The van der Waals surface area contributed by atoms with Crippen molar-refractivity contribution >= 4 is 23.0 Å². The van der Waals surface area contributed by atoms with Crippen molar-refractivity contribution in [3.05, 3.63) is 29.8 Å². The SMILES string of the molecule is CN(C)c1ccc(CNC(=S)NCCN2CCOCC2)cc1. The molecule has 0 amide bonds. The van der Waals surface area contributed by atoms with Crippen LogP contribution in [0.25, 0.3) is 0 Å². The summed E-state index contributed by atoms with van der Waals surface area (Å²) in [5.74, 6) is 0. The summed E-state index contributed by atoms with van der Waals surface area (Å²) >= 11 is 5.31. The summed E-state index contributed by atoms with van der Waals surface area (Å²) in [4.78, 5) is 4.48. The summed E-state index contributed by atoms with van der Waals surface area (Å²) in [5.41, 5.74) is 2.43. The van der Waals surface area contributed by atoms with Crippen LogP contribution in [0.4, 0.5) is 5.69 Å². The Bertz CT molecular complexity index is 458. The number of morpholine rings is 1. The van der Waals surface area contributed by atoms with E-state index in [1.165, 1.54) is 11.3 Å². The average Bonchev–Trinajstić information content (AvgIpc) is 2.54. The summed E-state index contributed by atoms with van der Waals surface area (Å²) in [6.45, 7) is 6.32. The molecular weight excluding hydrogens is 296 g/mol. The number of nitrogens with one attached hydrogen (secondary N) is 2. The average molecular weight is 322 g/mol. The number of hydrogen-bond donors (Lipinski definition) is 2. The highest BCUT2D eigenvalue weighted by Crippen LogP contribution is 2.11. The van der Waals surface area contributed by atoms with Crippen molar-refractivity contribution in [2.75, 3.05) is 58.4 Å². The topological polar surface area (TPSA) is 39.8 Å². The Labute approximate surface area is 138 Å². The lowest BCUT2D eigenvalue weighted by molar-refractivity contribution is 0.0389. The van der Waals surface area contributed by atoms with Gasteiger partial charge in [-0.25, -0.2) is 0 Å². The zero-order valence-electron chi connectivity index (χ0n) is 13.5. The number of benzene rings is 1. The van der Waals surface area contributed by atoms with Gasteiger partial charge in [-0.1, -0.05) is 12.1 Å². The summed E-state index contributed by atoms with van der Waals surface area (Å²) in [7, 11) is 4.08. The molecule has 1 aliphatic heterocycles. The molecule has 1 aliphatic rings. The molecule has 2 N–H and O–H groups in total. The van der Waals surface area contributed by atoms with Gasteiger partial charge in [0.15, 0.2) is 5.11 Å². The van der Waals surface area contributed by atoms with E-state index in [0.717, 1.165) is 45.9 Å². The van der Waals surface area contributed by atoms with E-state index >= 15 is 0 Å². The highest BCUT2D eigenvalue weighted by molar-refractivity contribution is 7.80. The van der Waals surface area contributed by atoms with Crippen molar-refractivity contribution in [2.24, 2.45) is 0 Å². The van der Waals surface area contributed by atoms with E-state index in [4.69, 9.17) is 17.0 Å². The van der Waals surface area contributed by atoms with Gasteiger partial charge in [-0.15, -0.1) is 0 Å². The van der Waals surface area contributed by atoms with Gasteiger partial charge < -0.3 is 20.3 Å². The van der Waals surface area contributed by atoms with E-state index in [1.54, 1.807) is 0 Å². The van der Waals surface area contributed by atoms with Crippen LogP contribution < -0.4 is 15.5 Å². The molecular formula is C16H26N4OS. The smallest absolute Gasteiger partial charge is 0.166 e. The first-order valence-corrected chi connectivity index (χ1v) is 8.14. The van der Waals surface area contributed by atoms with E-state index in [2.05, 4.69) is 44.7 Å². The van der Waals surface area contributed by atoms with E-state index in [-0.39, 0.29) is 0 Å². The lowest BCUT2D eigenvalue weighted by Crippen LogP contribution is -2.43. The fraction of sp³-hybridized carbons (Fsp3) is 0.562. The largest absolute Gasteiger partial charge is 0.379 e. The third-order valence-electron chi connectivity index (χ3n) is 3.72. The van der Waals surface area contributed by atoms with E-state index < -0.39 is 0 Å². The molecule has 0 saturated carbocycles. The van der Waals surface area contributed by atoms with Crippen LogP contribution >= 0.6 is 12.2 Å². The summed E-state index contributed by atoms with van der Waals surface area (Å²) in [6.07, 6.45) is 0. The maximum atomic E-state index is 5.33. The summed E-state index contributed by atoms with van der Waals surface area (Å²) in [5, 5.41) is 7.22. The highest BCUT2D eigenvalue weighted by atomic mass is 32.1. The normalized spacial score (nSPS) is 15.4. The molecule has 122 valence electrons. The van der Waals surface area contributed by atoms with Gasteiger partial charge in [0.25, 0.3) is 0 Å². The van der Waals surface area contributed by atoms with Gasteiger partial charge in [-0.2, -0.15) is 0 Å². The Morgan fingerprint density at radius 2 is 1.86 bits per heavy atom. The maximum absolute atomic E-state index is 5.33. The van der Waals surface area contributed by atoms with Crippen LogP contribution in [0, 0.1) is 0 Å². The Morgan fingerprint density at radius 1 is 1.18 bits per heavy atom. The predicted octanol–water partition coefficient (Wildman–Crippen LogP) is 1.05. The molecule has 0 aliphatic carbocycles. The van der Waals surface area contributed by atoms with Gasteiger partial charge in [0, 0.05) is 52.5 Å². The van der Waals surface area contributed by atoms with Crippen molar-refractivity contribution in [3.63, 3.8) is 0 Å². The molecule has 0 unspecified atom stereocenters. The van der Waals surface area contributed by atoms with Crippen LogP contribution in [0.15, 0.2) is 24.3 Å². The molecule has 1 heterocycles. The zero-order chi connectivity index (χ0) is 15.8. The molecule has 0 atom stereocenters. The molecule has 0 aromatic heterocycles. The molecule has 22 heavy (non-hydrogen) atoms. The summed E-state index contributed by atoms with van der Waals surface area (Å²) < 4.78 is 5.33. The van der Waals surface area contributed by atoms with Crippen LogP contribution in [0.3, 0.4) is 0 Å². The maximum Gasteiger partial charge on any atom is 0.166 e. The summed E-state index contributed by atoms with van der Waals surface area (Å²) in [6, 6.07) is 8.48. The number of rotatable bonds is 6. The van der Waals surface area contributed by atoms with Crippen molar-refractivity contribution in [2.45, 2.75) is 6.54 Å².